The fraction of sp³-hybridized carbons (Fsp3) is 0.438. The van der Waals surface area contributed by atoms with Gasteiger partial charge in [-0.1, -0.05) is 12.1 Å². The first-order chi connectivity index (χ1) is 11.6. The van der Waals surface area contributed by atoms with Gasteiger partial charge in [0.2, 0.25) is 6.41 Å². The summed E-state index contributed by atoms with van der Waals surface area (Å²) < 4.78 is 13.8. The Morgan fingerprint density at radius 3 is 2.46 bits per heavy atom. The second-order valence-corrected chi connectivity index (χ2v) is 5.48. The molecule has 2 N–H and O–H groups in total. The standard InChI is InChI=1S/C16H21FN4O3/c17-13-4-1-2-5-14(13)19-8-10-20(11-9-19)15(23)16(24)21(12-22)7-3-6-18/h1-2,4-5,12H,3,6-11,18H2. The second kappa shape index (κ2) is 8.39. The van der Waals surface area contributed by atoms with Crippen molar-refractivity contribution in [1.82, 2.24) is 9.80 Å². The quantitative estimate of drug-likeness (QED) is 0.595. The van der Waals surface area contributed by atoms with Gasteiger partial charge in [-0.25, -0.2) is 4.39 Å². The first-order valence-electron chi connectivity index (χ1n) is 7.83. The number of para-hydroxylation sites is 1. The minimum absolute atomic E-state index is 0.125. The van der Waals surface area contributed by atoms with Crippen LogP contribution < -0.4 is 10.6 Å². The summed E-state index contributed by atoms with van der Waals surface area (Å²) in [4.78, 5) is 39.3. The van der Waals surface area contributed by atoms with E-state index in [0.717, 1.165) is 4.90 Å². The Bertz CT molecular complexity index is 603. The molecule has 1 aliphatic heterocycles. The van der Waals surface area contributed by atoms with E-state index in [-0.39, 0.29) is 12.4 Å². The molecule has 3 amide bonds. The van der Waals surface area contributed by atoms with Crippen LogP contribution in [0.15, 0.2) is 24.3 Å². The number of anilines is 1. The average molecular weight is 336 g/mol. The molecule has 0 radical (unpaired) electrons. The van der Waals surface area contributed by atoms with Crippen molar-refractivity contribution in [3.05, 3.63) is 30.1 Å². The maximum Gasteiger partial charge on any atom is 0.318 e. The summed E-state index contributed by atoms with van der Waals surface area (Å²) in [6.07, 6.45) is 0.796. The molecular formula is C16H21FN4O3. The lowest BCUT2D eigenvalue weighted by atomic mass is 10.2. The van der Waals surface area contributed by atoms with E-state index in [4.69, 9.17) is 5.73 Å². The minimum Gasteiger partial charge on any atom is -0.366 e. The molecule has 24 heavy (non-hydrogen) atoms. The van der Waals surface area contributed by atoms with Crippen LogP contribution in [0.5, 0.6) is 0 Å². The lowest BCUT2D eigenvalue weighted by Crippen LogP contribution is -2.53. The fourth-order valence-electron chi connectivity index (χ4n) is 2.58. The van der Waals surface area contributed by atoms with Crippen LogP contribution in [0.3, 0.4) is 0 Å². The Labute approximate surface area is 139 Å². The molecule has 1 aromatic rings. The highest BCUT2D eigenvalue weighted by Crippen LogP contribution is 2.20. The molecule has 0 aromatic heterocycles. The number of carbonyl (C=O) groups is 3. The van der Waals surface area contributed by atoms with Gasteiger partial charge >= 0.3 is 11.8 Å². The lowest BCUT2D eigenvalue weighted by Gasteiger charge is -2.36. The first kappa shape index (κ1) is 17.9. The van der Waals surface area contributed by atoms with Crippen LogP contribution in [0.4, 0.5) is 10.1 Å². The van der Waals surface area contributed by atoms with Crippen molar-refractivity contribution >= 4 is 23.9 Å². The van der Waals surface area contributed by atoms with E-state index in [9.17, 15) is 18.8 Å². The average Bonchev–Trinajstić information content (AvgIpc) is 2.62. The lowest BCUT2D eigenvalue weighted by molar-refractivity contribution is -0.154. The van der Waals surface area contributed by atoms with Crippen molar-refractivity contribution < 1.29 is 18.8 Å². The molecule has 1 heterocycles. The zero-order chi connectivity index (χ0) is 17.5. The summed E-state index contributed by atoms with van der Waals surface area (Å²) in [6.45, 7) is 1.88. The van der Waals surface area contributed by atoms with Crippen LogP contribution in [0.1, 0.15) is 6.42 Å². The van der Waals surface area contributed by atoms with Gasteiger partial charge in [0.1, 0.15) is 5.82 Å². The molecule has 1 saturated heterocycles. The highest BCUT2D eigenvalue weighted by atomic mass is 19.1. The predicted molar refractivity (Wildman–Crippen MR) is 86.6 cm³/mol. The van der Waals surface area contributed by atoms with E-state index < -0.39 is 11.8 Å². The summed E-state index contributed by atoms with van der Waals surface area (Å²) in [5.41, 5.74) is 5.83. The van der Waals surface area contributed by atoms with Gasteiger partial charge in [0.05, 0.1) is 5.69 Å². The molecule has 1 aliphatic rings. The van der Waals surface area contributed by atoms with Gasteiger partial charge in [-0.15, -0.1) is 0 Å². The van der Waals surface area contributed by atoms with E-state index in [1.165, 1.54) is 11.0 Å². The molecule has 2 rings (SSSR count). The molecule has 0 aliphatic carbocycles. The highest BCUT2D eigenvalue weighted by Gasteiger charge is 2.29. The number of nitrogens with two attached hydrogens (primary N) is 1. The maximum atomic E-state index is 13.8. The van der Waals surface area contributed by atoms with Gasteiger partial charge < -0.3 is 15.5 Å². The molecular weight excluding hydrogens is 315 g/mol. The van der Waals surface area contributed by atoms with Crippen molar-refractivity contribution in [3.8, 4) is 0 Å². The number of amides is 3. The maximum absolute atomic E-state index is 13.8. The number of halogens is 1. The predicted octanol–water partition coefficient (Wildman–Crippen LogP) is -0.192. The number of hydrogen-bond acceptors (Lipinski definition) is 5. The van der Waals surface area contributed by atoms with E-state index in [1.807, 2.05) is 4.90 Å². The van der Waals surface area contributed by atoms with Crippen molar-refractivity contribution in [3.63, 3.8) is 0 Å². The molecule has 0 atom stereocenters. The third-order valence-electron chi connectivity index (χ3n) is 3.93. The van der Waals surface area contributed by atoms with Gasteiger partial charge in [0, 0.05) is 32.7 Å². The molecule has 1 fully saturated rings. The molecule has 0 spiro atoms. The summed E-state index contributed by atoms with van der Waals surface area (Å²) >= 11 is 0. The largest absolute Gasteiger partial charge is 0.366 e. The van der Waals surface area contributed by atoms with Gasteiger partial charge in [-0.05, 0) is 25.1 Å². The summed E-state index contributed by atoms with van der Waals surface area (Å²) in [7, 11) is 0. The number of carbonyl (C=O) groups excluding carboxylic acids is 3. The van der Waals surface area contributed by atoms with Crippen molar-refractivity contribution in [2.45, 2.75) is 6.42 Å². The Balaban J connectivity index is 1.93. The Morgan fingerprint density at radius 2 is 1.88 bits per heavy atom. The van der Waals surface area contributed by atoms with Gasteiger partial charge in [0.15, 0.2) is 0 Å². The SMILES string of the molecule is NCCCN(C=O)C(=O)C(=O)N1CCN(c2ccccc2F)CC1. The Morgan fingerprint density at radius 1 is 1.21 bits per heavy atom. The van der Waals surface area contributed by atoms with Crippen LogP contribution >= 0.6 is 0 Å². The monoisotopic (exact) mass is 336 g/mol. The van der Waals surface area contributed by atoms with Crippen molar-refractivity contribution in [2.24, 2.45) is 5.73 Å². The van der Waals surface area contributed by atoms with Crippen LogP contribution in [0.2, 0.25) is 0 Å². The molecule has 8 heteroatoms. The molecule has 130 valence electrons. The molecule has 0 unspecified atom stereocenters. The third-order valence-corrected chi connectivity index (χ3v) is 3.93. The Kier molecular flexibility index (Phi) is 6.25. The van der Waals surface area contributed by atoms with Crippen LogP contribution in [-0.2, 0) is 14.4 Å². The molecule has 0 saturated carbocycles. The minimum atomic E-state index is -0.849. The third kappa shape index (κ3) is 4.08. The zero-order valence-electron chi connectivity index (χ0n) is 13.4. The van der Waals surface area contributed by atoms with Gasteiger partial charge in [-0.2, -0.15) is 0 Å². The van der Waals surface area contributed by atoms with E-state index >= 15 is 0 Å². The van der Waals surface area contributed by atoms with E-state index in [2.05, 4.69) is 0 Å². The van der Waals surface area contributed by atoms with E-state index in [1.54, 1.807) is 18.2 Å². The smallest absolute Gasteiger partial charge is 0.318 e. The van der Waals surface area contributed by atoms with Crippen LogP contribution in [-0.4, -0.2) is 67.3 Å². The molecule has 0 bridgehead atoms. The number of hydrogen-bond donors (Lipinski definition) is 1. The number of imide groups is 1. The normalized spacial score (nSPS) is 14.4. The highest BCUT2D eigenvalue weighted by molar-refractivity contribution is 6.36. The number of nitrogens with zero attached hydrogens (tertiary/aromatic N) is 3. The van der Waals surface area contributed by atoms with Crippen LogP contribution in [0.25, 0.3) is 0 Å². The molecule has 1 aromatic carbocycles. The molecule has 7 nitrogen and oxygen atoms in total. The van der Waals surface area contributed by atoms with Crippen LogP contribution in [0, 0.1) is 5.82 Å². The van der Waals surface area contributed by atoms with Crippen molar-refractivity contribution in [2.75, 3.05) is 44.2 Å². The number of piperazine rings is 1. The first-order valence-corrected chi connectivity index (χ1v) is 7.83. The second-order valence-electron chi connectivity index (χ2n) is 5.48. The summed E-state index contributed by atoms with van der Waals surface area (Å²) in [5.74, 6) is -1.88. The van der Waals surface area contributed by atoms with E-state index in [0.29, 0.717) is 51.2 Å². The topological polar surface area (TPSA) is 86.9 Å². The summed E-state index contributed by atoms with van der Waals surface area (Å²) in [5, 5.41) is 0. The Hall–Kier alpha value is -2.48. The number of rotatable bonds is 5. The fourth-order valence-corrected chi connectivity index (χ4v) is 2.58. The summed E-state index contributed by atoms with van der Waals surface area (Å²) in [6, 6.07) is 6.43. The number of benzene rings is 1. The van der Waals surface area contributed by atoms with Gasteiger partial charge in [0.25, 0.3) is 0 Å². The zero-order valence-corrected chi connectivity index (χ0v) is 13.4. The van der Waals surface area contributed by atoms with Crippen molar-refractivity contribution in [1.29, 1.82) is 0 Å². The van der Waals surface area contributed by atoms with Gasteiger partial charge in [-0.3, -0.25) is 19.3 Å².